The van der Waals surface area contributed by atoms with Gasteiger partial charge in [-0.05, 0) is 30.5 Å². The molecule has 1 fully saturated rings. The molecule has 3 N–H and O–H groups in total. The number of hydrogen-bond acceptors (Lipinski definition) is 3. The second kappa shape index (κ2) is 10.1. The van der Waals surface area contributed by atoms with Gasteiger partial charge in [0.2, 0.25) is 0 Å². The lowest BCUT2D eigenvalue weighted by Gasteiger charge is -2.14. The van der Waals surface area contributed by atoms with Crippen LogP contribution in [0.3, 0.4) is 0 Å². The molecule has 1 atom stereocenters. The molecule has 0 spiro atoms. The molecule has 9 heteroatoms. The van der Waals surface area contributed by atoms with Crippen LogP contribution in [0.15, 0.2) is 29.3 Å². The van der Waals surface area contributed by atoms with Crippen LogP contribution in [0.1, 0.15) is 35.2 Å². The van der Waals surface area contributed by atoms with E-state index in [2.05, 4.69) is 20.9 Å². The van der Waals surface area contributed by atoms with E-state index in [4.69, 9.17) is 4.74 Å². The number of hydrogen-bond donors (Lipinski definition) is 3. The Morgan fingerprint density at radius 1 is 1.30 bits per heavy atom. The smallest absolute Gasteiger partial charge is 0.376 e. The highest BCUT2D eigenvalue weighted by Gasteiger charge is 2.26. The molecular formula is C18H25F3N4O2. The Morgan fingerprint density at radius 2 is 2.11 bits per heavy atom. The molecular weight excluding hydrogens is 361 g/mol. The van der Waals surface area contributed by atoms with E-state index in [1.807, 2.05) is 6.07 Å². The highest BCUT2D eigenvalue weighted by molar-refractivity contribution is 5.94. The van der Waals surface area contributed by atoms with Crippen molar-refractivity contribution in [1.82, 2.24) is 16.0 Å². The van der Waals surface area contributed by atoms with E-state index < -0.39 is 12.6 Å². The molecule has 1 aliphatic rings. The van der Waals surface area contributed by atoms with Crippen molar-refractivity contribution in [2.75, 3.05) is 26.7 Å². The number of carbonyl (C=O) groups is 1. The van der Waals surface area contributed by atoms with E-state index in [0.29, 0.717) is 18.7 Å². The largest absolute Gasteiger partial charge is 0.390 e. The van der Waals surface area contributed by atoms with Gasteiger partial charge in [-0.15, -0.1) is 0 Å². The summed E-state index contributed by atoms with van der Waals surface area (Å²) in [5.74, 6) is 0.0903. The van der Waals surface area contributed by atoms with Crippen LogP contribution in [0.5, 0.6) is 0 Å². The van der Waals surface area contributed by atoms with Crippen molar-refractivity contribution >= 4 is 11.9 Å². The SMILES string of the molecule is CN=C(NCCC(F)(F)F)NCc1cccc(C(=O)NCC2CCCO2)c1. The van der Waals surface area contributed by atoms with Gasteiger partial charge in [-0.3, -0.25) is 9.79 Å². The fourth-order valence-corrected chi connectivity index (χ4v) is 2.67. The van der Waals surface area contributed by atoms with Crippen LogP contribution >= 0.6 is 0 Å². The Morgan fingerprint density at radius 3 is 2.78 bits per heavy atom. The zero-order valence-electron chi connectivity index (χ0n) is 15.2. The lowest BCUT2D eigenvalue weighted by Crippen LogP contribution is -2.38. The molecule has 0 radical (unpaired) electrons. The zero-order valence-corrected chi connectivity index (χ0v) is 15.2. The van der Waals surface area contributed by atoms with E-state index in [1.54, 1.807) is 18.2 Å². The van der Waals surface area contributed by atoms with E-state index >= 15 is 0 Å². The predicted octanol–water partition coefficient (Wildman–Crippen LogP) is 2.21. The average Bonchev–Trinajstić information content (AvgIpc) is 3.15. The molecule has 1 unspecified atom stereocenters. The Labute approximate surface area is 156 Å². The first-order valence-corrected chi connectivity index (χ1v) is 8.87. The number of guanidine groups is 1. The minimum Gasteiger partial charge on any atom is -0.376 e. The Hall–Kier alpha value is -2.29. The van der Waals surface area contributed by atoms with Crippen molar-refractivity contribution in [2.45, 2.75) is 38.1 Å². The van der Waals surface area contributed by atoms with Gasteiger partial charge >= 0.3 is 6.18 Å². The maximum Gasteiger partial charge on any atom is 0.390 e. The number of nitrogens with one attached hydrogen (secondary N) is 3. The first-order chi connectivity index (χ1) is 12.9. The summed E-state index contributed by atoms with van der Waals surface area (Å²) in [4.78, 5) is 16.1. The molecule has 0 saturated carbocycles. The molecule has 1 aliphatic heterocycles. The maximum absolute atomic E-state index is 12.3. The van der Waals surface area contributed by atoms with E-state index in [9.17, 15) is 18.0 Å². The summed E-state index contributed by atoms with van der Waals surface area (Å²) in [6.07, 6.45) is -3.11. The van der Waals surface area contributed by atoms with Crippen molar-refractivity contribution in [3.05, 3.63) is 35.4 Å². The number of halogens is 3. The third kappa shape index (κ3) is 7.86. The van der Waals surface area contributed by atoms with Crippen molar-refractivity contribution in [1.29, 1.82) is 0 Å². The van der Waals surface area contributed by atoms with Crippen molar-refractivity contribution < 1.29 is 22.7 Å². The molecule has 0 bridgehead atoms. The molecule has 1 aromatic carbocycles. The summed E-state index contributed by atoms with van der Waals surface area (Å²) in [6.45, 7) is 1.30. The number of carbonyl (C=O) groups excluding carboxylic acids is 1. The molecule has 6 nitrogen and oxygen atoms in total. The van der Waals surface area contributed by atoms with Crippen LogP contribution in [0.4, 0.5) is 13.2 Å². The summed E-state index contributed by atoms with van der Waals surface area (Å²) >= 11 is 0. The molecule has 1 aromatic rings. The highest BCUT2D eigenvalue weighted by Crippen LogP contribution is 2.18. The van der Waals surface area contributed by atoms with Gasteiger partial charge in [0.1, 0.15) is 0 Å². The molecule has 2 rings (SSSR count). The first-order valence-electron chi connectivity index (χ1n) is 8.87. The minimum absolute atomic E-state index is 0.0740. The molecule has 1 saturated heterocycles. The number of aliphatic imine (C=N–C) groups is 1. The zero-order chi connectivity index (χ0) is 19.7. The van der Waals surface area contributed by atoms with Gasteiger partial charge in [0, 0.05) is 38.9 Å². The minimum atomic E-state index is -4.21. The van der Waals surface area contributed by atoms with Gasteiger partial charge in [0.25, 0.3) is 5.91 Å². The van der Waals surface area contributed by atoms with E-state index in [-0.39, 0.29) is 24.5 Å². The summed E-state index contributed by atoms with van der Waals surface area (Å²) < 4.78 is 42.1. The molecule has 150 valence electrons. The van der Waals surface area contributed by atoms with E-state index in [0.717, 1.165) is 25.0 Å². The quantitative estimate of drug-likeness (QED) is 0.496. The van der Waals surface area contributed by atoms with Gasteiger partial charge < -0.3 is 20.7 Å². The average molecular weight is 386 g/mol. The highest BCUT2D eigenvalue weighted by atomic mass is 19.4. The van der Waals surface area contributed by atoms with Gasteiger partial charge in [0.15, 0.2) is 5.96 Å². The van der Waals surface area contributed by atoms with E-state index in [1.165, 1.54) is 7.05 Å². The van der Waals surface area contributed by atoms with Crippen LogP contribution in [0.2, 0.25) is 0 Å². The van der Waals surface area contributed by atoms with Gasteiger partial charge in [-0.2, -0.15) is 13.2 Å². The van der Waals surface area contributed by atoms with Crippen LogP contribution in [0.25, 0.3) is 0 Å². The lowest BCUT2D eigenvalue weighted by atomic mass is 10.1. The van der Waals surface area contributed by atoms with Gasteiger partial charge in [-0.25, -0.2) is 0 Å². The summed E-state index contributed by atoms with van der Waals surface area (Å²) in [6, 6.07) is 7.04. The fraction of sp³-hybridized carbons (Fsp3) is 0.556. The Bertz CT molecular complexity index is 644. The topological polar surface area (TPSA) is 74.8 Å². The lowest BCUT2D eigenvalue weighted by molar-refractivity contribution is -0.132. The Balaban J connectivity index is 1.80. The third-order valence-corrected chi connectivity index (χ3v) is 4.09. The number of alkyl halides is 3. The monoisotopic (exact) mass is 386 g/mol. The summed E-state index contributed by atoms with van der Waals surface area (Å²) in [5, 5.41) is 8.40. The van der Waals surface area contributed by atoms with Crippen LogP contribution < -0.4 is 16.0 Å². The third-order valence-electron chi connectivity index (χ3n) is 4.09. The summed E-state index contributed by atoms with van der Waals surface area (Å²) in [7, 11) is 1.48. The van der Waals surface area contributed by atoms with Crippen molar-refractivity contribution in [3.63, 3.8) is 0 Å². The Kier molecular flexibility index (Phi) is 7.90. The van der Waals surface area contributed by atoms with Crippen molar-refractivity contribution in [2.24, 2.45) is 4.99 Å². The van der Waals surface area contributed by atoms with Gasteiger partial charge in [0.05, 0.1) is 12.5 Å². The second-order valence-electron chi connectivity index (χ2n) is 6.26. The number of ether oxygens (including phenoxy) is 1. The number of nitrogens with zero attached hydrogens (tertiary/aromatic N) is 1. The molecule has 1 amide bonds. The van der Waals surface area contributed by atoms with Crippen LogP contribution in [-0.4, -0.2) is 50.9 Å². The summed E-state index contributed by atoms with van der Waals surface area (Å²) in [5.41, 5.74) is 1.34. The van der Waals surface area contributed by atoms with Gasteiger partial charge in [-0.1, -0.05) is 12.1 Å². The number of benzene rings is 1. The number of rotatable bonds is 7. The normalized spacial score (nSPS) is 17.6. The molecule has 1 heterocycles. The maximum atomic E-state index is 12.3. The van der Waals surface area contributed by atoms with Crippen molar-refractivity contribution in [3.8, 4) is 0 Å². The molecule has 27 heavy (non-hydrogen) atoms. The second-order valence-corrected chi connectivity index (χ2v) is 6.26. The standard InChI is InChI=1S/C18H25F3N4O2/c1-22-17(23-8-7-18(19,20)21)25-11-13-4-2-5-14(10-13)16(26)24-12-15-6-3-9-27-15/h2,4-5,10,15H,3,6-9,11-12H2,1H3,(H,24,26)(H2,22,23,25). The molecule has 0 aliphatic carbocycles. The van der Waals surface area contributed by atoms with Crippen LogP contribution in [-0.2, 0) is 11.3 Å². The predicted molar refractivity (Wildman–Crippen MR) is 96.6 cm³/mol. The van der Waals surface area contributed by atoms with Crippen LogP contribution in [0, 0.1) is 0 Å². The fourth-order valence-electron chi connectivity index (χ4n) is 2.67. The number of amides is 1. The molecule has 0 aromatic heterocycles. The first kappa shape index (κ1) is 21.0.